The summed E-state index contributed by atoms with van der Waals surface area (Å²) in [5.41, 5.74) is 1.84. The second-order valence-corrected chi connectivity index (χ2v) is 5.76. The van der Waals surface area contributed by atoms with Crippen LogP contribution in [0.15, 0.2) is 35.3 Å². The fourth-order valence-corrected chi connectivity index (χ4v) is 3.14. The molecule has 3 heterocycles. The number of hydrogen-bond donors (Lipinski definition) is 2. The van der Waals surface area contributed by atoms with Gasteiger partial charge >= 0.3 is 5.69 Å². The molecule has 0 radical (unpaired) electrons. The van der Waals surface area contributed by atoms with E-state index in [1.54, 1.807) is 4.57 Å². The van der Waals surface area contributed by atoms with Gasteiger partial charge < -0.3 is 9.88 Å². The fraction of sp³-hybridized carbons (Fsp3) is 0.312. The summed E-state index contributed by atoms with van der Waals surface area (Å²) in [5, 5.41) is 7.55. The maximum Gasteiger partial charge on any atom is 0.343 e. The topological polar surface area (TPSA) is 86.8 Å². The molecule has 0 fully saturated rings. The maximum absolute atomic E-state index is 12.6. The first-order valence-electron chi connectivity index (χ1n) is 7.69. The van der Waals surface area contributed by atoms with Gasteiger partial charge in [-0.3, -0.25) is 9.36 Å². The van der Waals surface area contributed by atoms with Crippen molar-refractivity contribution in [2.45, 2.75) is 19.4 Å². The molecule has 7 heteroatoms. The Balaban J connectivity index is 1.51. The van der Waals surface area contributed by atoms with Crippen LogP contribution in [0.3, 0.4) is 0 Å². The highest BCUT2D eigenvalue weighted by atomic mass is 16.2. The highest BCUT2D eigenvalue weighted by molar-refractivity contribution is 5.88. The second-order valence-electron chi connectivity index (χ2n) is 5.76. The van der Waals surface area contributed by atoms with Gasteiger partial charge in [-0.1, -0.05) is 18.2 Å². The Bertz CT molecular complexity index is 920. The number of fused-ring (bicyclic) bond motifs is 2. The third-order valence-corrected chi connectivity index (χ3v) is 4.41. The molecular formula is C16H17N5O2. The molecule has 0 spiro atoms. The molecule has 23 heavy (non-hydrogen) atoms. The van der Waals surface area contributed by atoms with Gasteiger partial charge in [0.25, 0.3) is 0 Å². The zero-order valence-corrected chi connectivity index (χ0v) is 12.6. The number of nitrogens with one attached hydrogen (secondary N) is 2. The van der Waals surface area contributed by atoms with Crippen molar-refractivity contribution in [3.63, 3.8) is 0 Å². The summed E-state index contributed by atoms with van der Waals surface area (Å²) in [6, 6.07) is 7.96. The van der Waals surface area contributed by atoms with Crippen LogP contribution in [0.25, 0.3) is 10.9 Å². The zero-order chi connectivity index (χ0) is 15.8. The monoisotopic (exact) mass is 311 g/mol. The van der Waals surface area contributed by atoms with E-state index in [2.05, 4.69) is 15.2 Å². The van der Waals surface area contributed by atoms with E-state index in [0.717, 1.165) is 22.3 Å². The minimum absolute atomic E-state index is 0.0805. The number of amides is 1. The Labute approximate surface area is 131 Å². The lowest BCUT2D eigenvalue weighted by atomic mass is 10.1. The SMILES string of the molecule is O=C(Cc1c[nH]c2ccccc12)N1CCc2n[nH]c(=O)n2CC1. The van der Waals surface area contributed by atoms with Gasteiger partial charge in [-0.2, -0.15) is 5.10 Å². The van der Waals surface area contributed by atoms with E-state index in [1.165, 1.54) is 0 Å². The van der Waals surface area contributed by atoms with E-state index >= 15 is 0 Å². The van der Waals surface area contributed by atoms with Crippen molar-refractivity contribution in [3.8, 4) is 0 Å². The minimum Gasteiger partial charge on any atom is -0.361 e. The number of rotatable bonds is 2. The average molecular weight is 311 g/mol. The summed E-state index contributed by atoms with van der Waals surface area (Å²) in [6.07, 6.45) is 2.86. The van der Waals surface area contributed by atoms with Crippen molar-refractivity contribution in [3.05, 3.63) is 52.3 Å². The molecule has 0 aliphatic carbocycles. The van der Waals surface area contributed by atoms with Gasteiger partial charge in [0.2, 0.25) is 5.91 Å². The van der Waals surface area contributed by atoms with E-state index in [1.807, 2.05) is 35.4 Å². The third kappa shape index (κ3) is 2.44. The second kappa shape index (κ2) is 5.42. The van der Waals surface area contributed by atoms with E-state index < -0.39 is 0 Å². The van der Waals surface area contributed by atoms with Gasteiger partial charge in [-0.05, 0) is 11.6 Å². The molecule has 0 unspecified atom stereocenters. The Kier molecular flexibility index (Phi) is 3.25. The molecular weight excluding hydrogens is 294 g/mol. The Morgan fingerprint density at radius 3 is 3.00 bits per heavy atom. The van der Waals surface area contributed by atoms with Gasteiger partial charge in [-0.15, -0.1) is 0 Å². The first-order chi connectivity index (χ1) is 11.2. The molecule has 1 aliphatic rings. The Morgan fingerprint density at radius 1 is 1.22 bits per heavy atom. The number of H-pyrrole nitrogens is 2. The van der Waals surface area contributed by atoms with Crippen molar-refractivity contribution in [1.82, 2.24) is 24.6 Å². The predicted octanol–water partition coefficient (Wildman–Crippen LogP) is 0.680. The van der Waals surface area contributed by atoms with Crippen molar-refractivity contribution >= 4 is 16.8 Å². The Hall–Kier alpha value is -2.83. The first-order valence-corrected chi connectivity index (χ1v) is 7.69. The molecule has 118 valence electrons. The van der Waals surface area contributed by atoms with E-state index in [4.69, 9.17) is 0 Å². The molecule has 7 nitrogen and oxygen atoms in total. The van der Waals surface area contributed by atoms with Crippen molar-refractivity contribution in [2.24, 2.45) is 0 Å². The number of aromatic nitrogens is 4. The van der Waals surface area contributed by atoms with Crippen molar-refractivity contribution in [2.75, 3.05) is 13.1 Å². The van der Waals surface area contributed by atoms with Crippen LogP contribution in [0, 0.1) is 0 Å². The molecule has 0 bridgehead atoms. The van der Waals surface area contributed by atoms with E-state index in [9.17, 15) is 9.59 Å². The lowest BCUT2D eigenvalue weighted by Crippen LogP contribution is -2.35. The van der Waals surface area contributed by atoms with Gasteiger partial charge in [0.15, 0.2) is 0 Å². The zero-order valence-electron chi connectivity index (χ0n) is 12.6. The number of carbonyl (C=O) groups excluding carboxylic acids is 1. The summed E-state index contributed by atoms with van der Waals surface area (Å²) in [6.45, 7) is 1.61. The molecule has 0 atom stereocenters. The lowest BCUT2D eigenvalue weighted by molar-refractivity contribution is -0.130. The molecule has 4 rings (SSSR count). The molecule has 1 amide bonds. The van der Waals surface area contributed by atoms with E-state index in [-0.39, 0.29) is 11.6 Å². The largest absolute Gasteiger partial charge is 0.361 e. The Morgan fingerprint density at radius 2 is 2.09 bits per heavy atom. The summed E-state index contributed by atoms with van der Waals surface area (Å²) in [7, 11) is 0. The number of carbonyl (C=O) groups is 1. The summed E-state index contributed by atoms with van der Waals surface area (Å²) in [4.78, 5) is 29.3. The number of aromatic amines is 2. The van der Waals surface area contributed by atoms with Gasteiger partial charge in [0.1, 0.15) is 5.82 Å². The molecule has 0 saturated heterocycles. The van der Waals surface area contributed by atoms with Crippen LogP contribution in [-0.4, -0.2) is 43.6 Å². The number of hydrogen-bond acceptors (Lipinski definition) is 3. The molecule has 0 saturated carbocycles. The van der Waals surface area contributed by atoms with Crippen molar-refractivity contribution in [1.29, 1.82) is 0 Å². The quantitative estimate of drug-likeness (QED) is 0.729. The number of para-hydroxylation sites is 1. The van der Waals surface area contributed by atoms with Crippen LogP contribution in [0.4, 0.5) is 0 Å². The van der Waals surface area contributed by atoms with Crippen LogP contribution in [0.1, 0.15) is 11.4 Å². The number of nitrogens with zero attached hydrogens (tertiary/aromatic N) is 3. The van der Waals surface area contributed by atoms with Crippen LogP contribution in [-0.2, 0) is 24.2 Å². The highest BCUT2D eigenvalue weighted by Crippen LogP contribution is 2.19. The first kappa shape index (κ1) is 13.8. The molecule has 3 aromatic rings. The third-order valence-electron chi connectivity index (χ3n) is 4.41. The molecule has 2 N–H and O–H groups in total. The maximum atomic E-state index is 12.6. The van der Waals surface area contributed by atoms with Crippen LogP contribution >= 0.6 is 0 Å². The van der Waals surface area contributed by atoms with Crippen LogP contribution < -0.4 is 5.69 Å². The molecule has 1 aromatic carbocycles. The average Bonchev–Trinajstić information content (AvgIpc) is 3.04. The van der Waals surface area contributed by atoms with Gasteiger partial charge in [-0.25, -0.2) is 9.89 Å². The molecule has 1 aliphatic heterocycles. The van der Waals surface area contributed by atoms with Crippen molar-refractivity contribution < 1.29 is 4.79 Å². The molecule has 2 aromatic heterocycles. The lowest BCUT2D eigenvalue weighted by Gasteiger charge is -2.19. The standard InChI is InChI=1S/C16H17N5O2/c22-15(9-11-10-17-13-4-2-1-3-12(11)13)20-6-5-14-18-19-16(23)21(14)8-7-20/h1-4,10,17H,5-9H2,(H,19,23). The smallest absolute Gasteiger partial charge is 0.343 e. The van der Waals surface area contributed by atoms with Gasteiger partial charge in [0, 0.05) is 43.2 Å². The number of benzene rings is 1. The normalized spacial score (nSPS) is 14.7. The predicted molar refractivity (Wildman–Crippen MR) is 85.1 cm³/mol. The summed E-state index contributed by atoms with van der Waals surface area (Å²) >= 11 is 0. The summed E-state index contributed by atoms with van der Waals surface area (Å²) < 4.78 is 1.61. The van der Waals surface area contributed by atoms with Gasteiger partial charge in [0.05, 0.1) is 6.42 Å². The minimum atomic E-state index is -0.203. The highest BCUT2D eigenvalue weighted by Gasteiger charge is 2.21. The van der Waals surface area contributed by atoms with Crippen LogP contribution in [0.2, 0.25) is 0 Å². The van der Waals surface area contributed by atoms with Crippen LogP contribution in [0.5, 0.6) is 0 Å². The summed E-state index contributed by atoms with van der Waals surface area (Å²) in [5.74, 6) is 0.800. The van der Waals surface area contributed by atoms with E-state index in [0.29, 0.717) is 32.5 Å². The fourth-order valence-electron chi connectivity index (χ4n) is 3.14.